The minimum absolute atomic E-state index is 0.440. The van der Waals surface area contributed by atoms with Gasteiger partial charge in [0.25, 0.3) is 0 Å². The van der Waals surface area contributed by atoms with Crippen molar-refractivity contribution in [3.05, 3.63) is 34.3 Å². The number of nitrogens with one attached hydrogen (secondary N) is 1. The van der Waals surface area contributed by atoms with Crippen LogP contribution in [0, 0.1) is 0 Å². The Hall–Kier alpha value is -1.10. The molecule has 0 saturated carbocycles. The highest BCUT2D eigenvalue weighted by molar-refractivity contribution is 6.31. The van der Waals surface area contributed by atoms with Gasteiger partial charge in [-0.25, -0.2) is 0 Å². The Balaban J connectivity index is 2.09. The van der Waals surface area contributed by atoms with Gasteiger partial charge in [0.05, 0.1) is 0 Å². The molecule has 1 aromatic rings. The van der Waals surface area contributed by atoms with Crippen LogP contribution in [0.25, 0.3) is 0 Å². The van der Waals surface area contributed by atoms with Gasteiger partial charge in [-0.15, -0.1) is 0 Å². The quantitative estimate of drug-likeness (QED) is 0.874. The zero-order valence-electron chi connectivity index (χ0n) is 11.9. The molecule has 4 nitrogen and oxygen atoms in total. The first kappa shape index (κ1) is 15.3. The lowest BCUT2D eigenvalue weighted by Crippen LogP contribution is -2.44. The van der Waals surface area contributed by atoms with Gasteiger partial charge in [-0.1, -0.05) is 24.1 Å². The zero-order chi connectivity index (χ0) is 14.5. The SMILES string of the molecule is CNCC1CCCCN1Cc1ccc(C(N)=O)cc1Cl. The topological polar surface area (TPSA) is 58.4 Å². The van der Waals surface area contributed by atoms with Crippen LogP contribution in [-0.4, -0.2) is 37.0 Å². The zero-order valence-corrected chi connectivity index (χ0v) is 12.6. The minimum atomic E-state index is -0.440. The van der Waals surface area contributed by atoms with E-state index >= 15 is 0 Å². The van der Waals surface area contributed by atoms with E-state index in [1.54, 1.807) is 12.1 Å². The number of primary amides is 1. The van der Waals surface area contributed by atoms with Gasteiger partial charge in [0, 0.05) is 29.7 Å². The van der Waals surface area contributed by atoms with Crippen molar-refractivity contribution in [1.29, 1.82) is 0 Å². The maximum atomic E-state index is 11.1. The maximum Gasteiger partial charge on any atom is 0.248 e. The molecule has 110 valence electrons. The molecule has 1 heterocycles. The van der Waals surface area contributed by atoms with Crippen molar-refractivity contribution in [1.82, 2.24) is 10.2 Å². The van der Waals surface area contributed by atoms with E-state index in [4.69, 9.17) is 17.3 Å². The summed E-state index contributed by atoms with van der Waals surface area (Å²) in [5.74, 6) is -0.440. The molecule has 2 rings (SSSR count). The fourth-order valence-corrected chi connectivity index (χ4v) is 3.02. The van der Waals surface area contributed by atoms with Crippen molar-refractivity contribution < 1.29 is 4.79 Å². The molecule has 1 aromatic carbocycles. The number of amides is 1. The van der Waals surface area contributed by atoms with Gasteiger partial charge in [0.15, 0.2) is 0 Å². The highest BCUT2D eigenvalue weighted by Gasteiger charge is 2.22. The fourth-order valence-electron chi connectivity index (χ4n) is 2.78. The summed E-state index contributed by atoms with van der Waals surface area (Å²) in [4.78, 5) is 13.6. The number of piperidine rings is 1. The predicted molar refractivity (Wildman–Crippen MR) is 81.9 cm³/mol. The molecular formula is C15H22ClN3O. The van der Waals surface area contributed by atoms with Crippen molar-refractivity contribution >= 4 is 17.5 Å². The molecule has 1 aliphatic rings. The van der Waals surface area contributed by atoms with Crippen molar-refractivity contribution in [2.75, 3.05) is 20.1 Å². The van der Waals surface area contributed by atoms with Gasteiger partial charge in [0.1, 0.15) is 0 Å². The van der Waals surface area contributed by atoms with E-state index in [0.29, 0.717) is 16.6 Å². The third-order valence-corrected chi connectivity index (χ3v) is 4.25. The molecule has 5 heteroatoms. The Labute approximate surface area is 125 Å². The fraction of sp³-hybridized carbons (Fsp3) is 0.533. The number of likely N-dealkylation sites (tertiary alicyclic amines) is 1. The molecule has 1 amide bonds. The van der Waals surface area contributed by atoms with Crippen LogP contribution in [0.15, 0.2) is 18.2 Å². The van der Waals surface area contributed by atoms with Crippen molar-refractivity contribution in [3.63, 3.8) is 0 Å². The monoisotopic (exact) mass is 295 g/mol. The number of likely N-dealkylation sites (N-methyl/N-ethyl adjacent to an activating group) is 1. The summed E-state index contributed by atoms with van der Waals surface area (Å²) in [7, 11) is 1.99. The number of nitrogens with two attached hydrogens (primary N) is 1. The normalized spacial score (nSPS) is 20.0. The summed E-state index contributed by atoms with van der Waals surface area (Å²) in [5, 5.41) is 3.88. The average molecular weight is 296 g/mol. The van der Waals surface area contributed by atoms with Crippen molar-refractivity contribution in [3.8, 4) is 0 Å². The highest BCUT2D eigenvalue weighted by Crippen LogP contribution is 2.24. The second kappa shape index (κ2) is 7.07. The second-order valence-corrected chi connectivity index (χ2v) is 5.76. The molecule has 0 radical (unpaired) electrons. The first-order chi connectivity index (χ1) is 9.61. The van der Waals surface area contributed by atoms with Crippen LogP contribution in [0.3, 0.4) is 0 Å². The van der Waals surface area contributed by atoms with E-state index in [1.165, 1.54) is 19.3 Å². The number of hydrogen-bond acceptors (Lipinski definition) is 3. The first-order valence-corrected chi connectivity index (χ1v) is 7.46. The van der Waals surface area contributed by atoms with Crippen molar-refractivity contribution in [2.24, 2.45) is 5.73 Å². The van der Waals surface area contributed by atoms with Gasteiger partial charge >= 0.3 is 0 Å². The number of halogens is 1. The molecule has 1 fully saturated rings. The summed E-state index contributed by atoms with van der Waals surface area (Å²) >= 11 is 6.27. The molecule has 0 spiro atoms. The second-order valence-electron chi connectivity index (χ2n) is 5.35. The van der Waals surface area contributed by atoms with E-state index in [9.17, 15) is 4.79 Å². The lowest BCUT2D eigenvalue weighted by atomic mass is 10.0. The Morgan fingerprint density at radius 1 is 1.50 bits per heavy atom. The lowest BCUT2D eigenvalue weighted by Gasteiger charge is -2.35. The van der Waals surface area contributed by atoms with Gasteiger partial charge in [0.2, 0.25) is 5.91 Å². The number of hydrogen-bond donors (Lipinski definition) is 2. The third-order valence-electron chi connectivity index (χ3n) is 3.90. The average Bonchev–Trinajstić information content (AvgIpc) is 2.43. The Morgan fingerprint density at radius 3 is 2.95 bits per heavy atom. The molecule has 3 N–H and O–H groups in total. The summed E-state index contributed by atoms with van der Waals surface area (Å²) in [6.45, 7) is 2.92. The Kier molecular flexibility index (Phi) is 5.40. The summed E-state index contributed by atoms with van der Waals surface area (Å²) in [5.41, 5.74) is 6.78. The molecule has 20 heavy (non-hydrogen) atoms. The minimum Gasteiger partial charge on any atom is -0.366 e. The predicted octanol–water partition coefficient (Wildman–Crippen LogP) is 2.01. The van der Waals surface area contributed by atoms with Crippen LogP contribution in [0.4, 0.5) is 0 Å². The number of nitrogens with zero attached hydrogens (tertiary/aromatic N) is 1. The Bertz CT molecular complexity index is 476. The van der Waals surface area contributed by atoms with Crippen LogP contribution < -0.4 is 11.1 Å². The molecule has 1 atom stereocenters. The summed E-state index contributed by atoms with van der Waals surface area (Å²) in [6.07, 6.45) is 3.74. The Morgan fingerprint density at radius 2 is 2.30 bits per heavy atom. The summed E-state index contributed by atoms with van der Waals surface area (Å²) < 4.78 is 0. The van der Waals surface area contributed by atoms with E-state index in [-0.39, 0.29) is 0 Å². The van der Waals surface area contributed by atoms with Gasteiger partial charge in [-0.3, -0.25) is 9.69 Å². The third kappa shape index (κ3) is 3.72. The van der Waals surface area contributed by atoms with Crippen LogP contribution in [-0.2, 0) is 6.54 Å². The van der Waals surface area contributed by atoms with Gasteiger partial charge in [-0.05, 0) is 44.1 Å². The standard InChI is InChI=1S/C15H22ClN3O/c1-18-9-13-4-2-3-7-19(13)10-12-6-5-11(15(17)20)8-14(12)16/h5-6,8,13,18H,2-4,7,9-10H2,1H3,(H2,17,20). The highest BCUT2D eigenvalue weighted by atomic mass is 35.5. The van der Waals surface area contributed by atoms with Crippen LogP contribution in [0.2, 0.25) is 5.02 Å². The maximum absolute atomic E-state index is 11.1. The number of benzene rings is 1. The number of rotatable bonds is 5. The van der Waals surface area contributed by atoms with Crippen LogP contribution in [0.5, 0.6) is 0 Å². The molecule has 0 bridgehead atoms. The van der Waals surface area contributed by atoms with Crippen LogP contribution >= 0.6 is 11.6 Å². The molecule has 1 unspecified atom stereocenters. The number of carbonyl (C=O) groups is 1. The lowest BCUT2D eigenvalue weighted by molar-refractivity contribution is 0.1000. The summed E-state index contributed by atoms with van der Waals surface area (Å²) in [6, 6.07) is 5.88. The van der Waals surface area contributed by atoms with E-state index < -0.39 is 5.91 Å². The molecule has 1 aliphatic heterocycles. The number of carbonyl (C=O) groups excluding carboxylic acids is 1. The molecule has 0 aliphatic carbocycles. The smallest absolute Gasteiger partial charge is 0.248 e. The largest absolute Gasteiger partial charge is 0.366 e. The molecular weight excluding hydrogens is 274 g/mol. The van der Waals surface area contributed by atoms with E-state index in [0.717, 1.165) is 25.2 Å². The van der Waals surface area contributed by atoms with Gasteiger partial charge in [-0.2, -0.15) is 0 Å². The van der Waals surface area contributed by atoms with E-state index in [2.05, 4.69) is 10.2 Å². The van der Waals surface area contributed by atoms with Crippen LogP contribution in [0.1, 0.15) is 35.2 Å². The first-order valence-electron chi connectivity index (χ1n) is 7.08. The molecule has 1 saturated heterocycles. The van der Waals surface area contributed by atoms with Crippen molar-refractivity contribution in [2.45, 2.75) is 31.8 Å². The van der Waals surface area contributed by atoms with E-state index in [1.807, 2.05) is 13.1 Å². The van der Waals surface area contributed by atoms with Gasteiger partial charge < -0.3 is 11.1 Å². The molecule has 0 aromatic heterocycles.